The molecule has 0 N–H and O–H groups in total. The number of hydrogen-bond donors (Lipinski definition) is 0. The van der Waals surface area contributed by atoms with E-state index in [-0.39, 0.29) is 0 Å². The van der Waals surface area contributed by atoms with Gasteiger partial charge in [-0.15, -0.1) is 0 Å². The summed E-state index contributed by atoms with van der Waals surface area (Å²) >= 11 is 6.77. The van der Waals surface area contributed by atoms with Crippen LogP contribution in [0.1, 0.15) is 11.1 Å². The lowest BCUT2D eigenvalue weighted by Crippen LogP contribution is -1.75. The second kappa shape index (κ2) is 8.11. The summed E-state index contributed by atoms with van der Waals surface area (Å²) in [5, 5.41) is 2.55. The first-order valence-corrected chi connectivity index (χ1v) is 8.42. The molecule has 110 valence electrons. The van der Waals surface area contributed by atoms with Crippen LogP contribution in [0.25, 0.3) is 22.9 Å². The van der Waals surface area contributed by atoms with Gasteiger partial charge in [-0.05, 0) is 34.0 Å². The van der Waals surface area contributed by atoms with Gasteiger partial charge in [0.25, 0.3) is 0 Å². The molecule has 0 bridgehead atoms. The summed E-state index contributed by atoms with van der Waals surface area (Å²) in [6.07, 6.45) is 3.71. The number of hydrogen-bond acceptors (Lipinski definition) is 0. The van der Waals surface area contributed by atoms with Crippen molar-refractivity contribution >= 4 is 54.8 Å². The van der Waals surface area contributed by atoms with Gasteiger partial charge in [0.2, 0.25) is 0 Å². The van der Waals surface area contributed by atoms with E-state index < -0.39 is 0 Å². The zero-order valence-electron chi connectivity index (χ0n) is 12.1. The minimum Gasteiger partial charge on any atom is -0.0984 e. The van der Waals surface area contributed by atoms with Gasteiger partial charge in [-0.25, -0.2) is 0 Å². The van der Waals surface area contributed by atoms with Gasteiger partial charge in [0.1, 0.15) is 0 Å². The van der Waals surface area contributed by atoms with Crippen molar-refractivity contribution in [2.24, 2.45) is 0 Å². The van der Waals surface area contributed by atoms with Crippen LogP contribution in [0.4, 0.5) is 0 Å². The number of fused-ring (bicyclic) bond motifs is 1. The summed E-state index contributed by atoms with van der Waals surface area (Å²) < 4.78 is 2.14. The molecule has 0 nitrogen and oxygen atoms in total. The zero-order valence-corrected chi connectivity index (χ0v) is 15.3. The van der Waals surface area contributed by atoms with E-state index in [1.165, 1.54) is 16.3 Å². The summed E-state index contributed by atoms with van der Waals surface area (Å²) in [6, 6.07) is 20.6. The van der Waals surface area contributed by atoms with Gasteiger partial charge < -0.3 is 0 Å². The van der Waals surface area contributed by atoms with Crippen LogP contribution in [-0.4, -0.2) is 0 Å². The fraction of sp³-hybridized carbons (Fsp3) is 0. The summed E-state index contributed by atoms with van der Waals surface area (Å²) in [6.45, 7) is 7.46. The van der Waals surface area contributed by atoms with Crippen molar-refractivity contribution in [3.05, 3.63) is 93.9 Å². The molecule has 0 amide bonds. The largest absolute Gasteiger partial charge is 0.0984 e. The topological polar surface area (TPSA) is 0 Å². The molecule has 0 saturated heterocycles. The van der Waals surface area contributed by atoms with E-state index in [1.54, 1.807) is 0 Å². The van der Waals surface area contributed by atoms with Crippen LogP contribution >= 0.6 is 31.9 Å². The molecule has 0 fully saturated rings. The third-order valence-corrected chi connectivity index (χ3v) is 4.41. The predicted octanol–water partition coefficient (Wildman–Crippen LogP) is 7.34. The van der Waals surface area contributed by atoms with Crippen LogP contribution in [0.5, 0.6) is 0 Å². The fourth-order valence-electron chi connectivity index (χ4n) is 2.10. The lowest BCUT2D eigenvalue weighted by atomic mass is 10.1. The molecule has 0 spiro atoms. The molecule has 2 heteroatoms. The van der Waals surface area contributed by atoms with Crippen molar-refractivity contribution in [2.45, 2.75) is 0 Å². The molecule has 0 radical (unpaired) electrons. The van der Waals surface area contributed by atoms with Gasteiger partial charge in [0.15, 0.2) is 0 Å². The van der Waals surface area contributed by atoms with Crippen molar-refractivity contribution in [1.82, 2.24) is 0 Å². The predicted molar refractivity (Wildman–Crippen MR) is 106 cm³/mol. The molecule has 0 heterocycles. The Bertz CT molecular complexity index is 798. The van der Waals surface area contributed by atoms with E-state index in [2.05, 4.69) is 87.5 Å². The van der Waals surface area contributed by atoms with Crippen LogP contribution in [0.15, 0.2) is 82.8 Å². The normalized spacial score (nSPS) is 9.73. The fourth-order valence-corrected chi connectivity index (χ4v) is 3.30. The Morgan fingerprint density at radius 3 is 2.09 bits per heavy atom. The maximum atomic E-state index is 3.78. The van der Waals surface area contributed by atoms with Crippen molar-refractivity contribution in [3.8, 4) is 0 Å². The molecule has 0 atom stereocenters. The summed E-state index contributed by atoms with van der Waals surface area (Å²) in [5.74, 6) is 0. The third-order valence-electron chi connectivity index (χ3n) is 3.23. The van der Waals surface area contributed by atoms with E-state index in [9.17, 15) is 0 Å². The van der Waals surface area contributed by atoms with E-state index in [0.717, 1.165) is 14.5 Å². The molecule has 3 aromatic rings. The molecule has 0 unspecified atom stereocenters. The Morgan fingerprint density at radius 2 is 1.41 bits per heavy atom. The van der Waals surface area contributed by atoms with Gasteiger partial charge in [-0.3, -0.25) is 0 Å². The molecule has 0 aliphatic carbocycles. The molecule has 3 aromatic carbocycles. The summed E-state index contributed by atoms with van der Waals surface area (Å²) in [7, 11) is 0. The molecular weight excluding hydrogens is 400 g/mol. The standard InChI is InChI=1S/C12H10.C8H6Br2/c1-2-10-7-5-8-11-6-3-4-9-12(10)11;1-2-6-3-4-7(9)5-8(6)10/h2-9H,1H2;2-5H,1H2. The Hall–Kier alpha value is -1.64. The average molecular weight is 416 g/mol. The zero-order chi connectivity index (χ0) is 15.9. The van der Waals surface area contributed by atoms with Gasteiger partial charge in [0, 0.05) is 8.95 Å². The molecule has 0 aliphatic heterocycles. The van der Waals surface area contributed by atoms with Crippen LogP contribution in [-0.2, 0) is 0 Å². The van der Waals surface area contributed by atoms with Crippen LogP contribution in [0.3, 0.4) is 0 Å². The number of benzene rings is 3. The molecule has 0 aliphatic rings. The second-order valence-corrected chi connectivity index (χ2v) is 6.41. The molecule has 22 heavy (non-hydrogen) atoms. The van der Waals surface area contributed by atoms with Crippen LogP contribution in [0.2, 0.25) is 0 Å². The SMILES string of the molecule is C=Cc1ccc(Br)cc1Br.C=Cc1cccc2ccccc12. The summed E-state index contributed by atoms with van der Waals surface area (Å²) in [5.41, 5.74) is 2.32. The van der Waals surface area contributed by atoms with Crippen LogP contribution in [0, 0.1) is 0 Å². The Kier molecular flexibility index (Phi) is 6.17. The van der Waals surface area contributed by atoms with Gasteiger partial charge in [-0.2, -0.15) is 0 Å². The number of rotatable bonds is 2. The highest BCUT2D eigenvalue weighted by molar-refractivity contribution is 9.11. The first-order valence-electron chi connectivity index (χ1n) is 6.83. The highest BCUT2D eigenvalue weighted by atomic mass is 79.9. The summed E-state index contributed by atoms with van der Waals surface area (Å²) in [4.78, 5) is 0. The van der Waals surface area contributed by atoms with Crippen molar-refractivity contribution in [3.63, 3.8) is 0 Å². The average Bonchev–Trinajstić information content (AvgIpc) is 2.55. The van der Waals surface area contributed by atoms with E-state index >= 15 is 0 Å². The lowest BCUT2D eigenvalue weighted by Gasteiger charge is -1.99. The van der Waals surface area contributed by atoms with Gasteiger partial charge in [-0.1, -0.05) is 106 Å². The highest BCUT2D eigenvalue weighted by Crippen LogP contribution is 2.22. The molecule has 0 saturated carbocycles. The Labute approximate surface area is 148 Å². The van der Waals surface area contributed by atoms with Crippen molar-refractivity contribution < 1.29 is 0 Å². The molecular formula is C20H16Br2. The quantitative estimate of drug-likeness (QED) is 0.410. The van der Waals surface area contributed by atoms with Gasteiger partial charge >= 0.3 is 0 Å². The lowest BCUT2D eigenvalue weighted by molar-refractivity contribution is 1.56. The van der Waals surface area contributed by atoms with E-state index in [0.29, 0.717) is 0 Å². The first-order chi connectivity index (χ1) is 10.7. The number of halogens is 2. The Balaban J connectivity index is 0.000000164. The second-order valence-electron chi connectivity index (χ2n) is 4.64. The minimum absolute atomic E-state index is 1.07. The van der Waals surface area contributed by atoms with Crippen molar-refractivity contribution in [1.29, 1.82) is 0 Å². The van der Waals surface area contributed by atoms with Crippen molar-refractivity contribution in [2.75, 3.05) is 0 Å². The first kappa shape index (κ1) is 16.7. The maximum Gasteiger partial charge on any atom is 0.0258 e. The minimum atomic E-state index is 1.07. The molecule has 3 rings (SSSR count). The third kappa shape index (κ3) is 4.19. The highest BCUT2D eigenvalue weighted by Gasteiger charge is 1.94. The monoisotopic (exact) mass is 414 g/mol. The van der Waals surface area contributed by atoms with Gasteiger partial charge in [0.05, 0.1) is 0 Å². The molecule has 0 aromatic heterocycles. The Morgan fingerprint density at radius 1 is 0.727 bits per heavy atom. The van der Waals surface area contributed by atoms with Crippen LogP contribution < -0.4 is 0 Å². The van der Waals surface area contributed by atoms with E-state index in [4.69, 9.17) is 0 Å². The smallest absolute Gasteiger partial charge is 0.0258 e. The maximum absolute atomic E-state index is 3.78. The van der Waals surface area contributed by atoms with E-state index in [1.807, 2.05) is 30.4 Å².